The Hall–Kier alpha value is -2.59. The lowest BCUT2D eigenvalue weighted by Gasteiger charge is -2.03. The van der Waals surface area contributed by atoms with Crippen LogP contribution in [0.1, 0.15) is 5.69 Å². The van der Waals surface area contributed by atoms with Crippen LogP contribution in [0.2, 0.25) is 0 Å². The van der Waals surface area contributed by atoms with Gasteiger partial charge in [-0.15, -0.1) is 0 Å². The van der Waals surface area contributed by atoms with Gasteiger partial charge in [-0.2, -0.15) is 4.98 Å². The summed E-state index contributed by atoms with van der Waals surface area (Å²) in [6.45, 7) is 0.333. The third-order valence-corrected chi connectivity index (χ3v) is 2.91. The molecule has 2 aromatic carbocycles. The molecule has 0 amide bonds. The van der Waals surface area contributed by atoms with Crippen LogP contribution in [0.15, 0.2) is 65.3 Å². The van der Waals surface area contributed by atoms with Gasteiger partial charge < -0.3 is 14.9 Å². The largest absolute Gasteiger partial charge is 0.417 e. The molecule has 3 rings (SSSR count). The molecule has 4 heteroatoms. The minimum atomic E-state index is 0.206. The van der Waals surface area contributed by atoms with Gasteiger partial charge in [0.15, 0.2) is 0 Å². The van der Waals surface area contributed by atoms with Gasteiger partial charge in [0.25, 0.3) is 0 Å². The fourth-order valence-electron chi connectivity index (χ4n) is 1.88. The summed E-state index contributed by atoms with van der Waals surface area (Å²) in [6.07, 6.45) is 1.70. The van der Waals surface area contributed by atoms with E-state index in [1.54, 1.807) is 0 Å². The van der Waals surface area contributed by atoms with Gasteiger partial charge in [0.2, 0.25) is 0 Å². The first kappa shape index (κ1) is 12.4. The van der Waals surface area contributed by atoms with Gasteiger partial charge in [-0.1, -0.05) is 42.5 Å². The number of rotatable bonds is 4. The number of ether oxygens (including phenoxy) is 1. The molecule has 0 saturated heterocycles. The van der Waals surface area contributed by atoms with E-state index in [-0.39, 0.29) is 6.08 Å². The average molecular weight is 266 g/mol. The molecule has 1 heterocycles. The Labute approximate surface area is 116 Å². The first-order valence-electron chi connectivity index (χ1n) is 6.33. The molecule has 20 heavy (non-hydrogen) atoms. The zero-order valence-corrected chi connectivity index (χ0v) is 10.8. The van der Waals surface area contributed by atoms with Gasteiger partial charge >= 0.3 is 6.08 Å². The van der Waals surface area contributed by atoms with Gasteiger partial charge in [0.1, 0.15) is 12.0 Å². The van der Waals surface area contributed by atoms with Crippen molar-refractivity contribution in [1.29, 1.82) is 0 Å². The van der Waals surface area contributed by atoms with Gasteiger partial charge in [-0.25, -0.2) is 0 Å². The average Bonchev–Trinajstić information content (AvgIpc) is 2.97. The second-order valence-electron chi connectivity index (χ2n) is 4.30. The molecule has 100 valence electrons. The van der Waals surface area contributed by atoms with Gasteiger partial charge in [-0.05, 0) is 23.3 Å². The maximum atomic E-state index is 5.52. The molecule has 0 atom stereocenters. The third kappa shape index (κ3) is 2.70. The first-order chi connectivity index (χ1) is 9.85. The quantitative estimate of drug-likeness (QED) is 0.783. The van der Waals surface area contributed by atoms with E-state index in [2.05, 4.69) is 17.1 Å². The van der Waals surface area contributed by atoms with E-state index >= 15 is 0 Å². The lowest BCUT2D eigenvalue weighted by molar-refractivity contribution is 0.331. The zero-order valence-electron chi connectivity index (χ0n) is 10.8. The van der Waals surface area contributed by atoms with Crippen LogP contribution in [-0.4, -0.2) is 4.98 Å². The molecule has 0 aliphatic heterocycles. The summed E-state index contributed by atoms with van der Waals surface area (Å²) in [5.74, 6) is 0.676. The van der Waals surface area contributed by atoms with Crippen LogP contribution in [0.3, 0.4) is 0 Å². The maximum absolute atomic E-state index is 5.52. The molecule has 0 fully saturated rings. The Kier molecular flexibility index (Phi) is 3.48. The van der Waals surface area contributed by atoms with Crippen molar-refractivity contribution < 1.29 is 9.15 Å². The van der Waals surface area contributed by atoms with Crippen LogP contribution in [0, 0.1) is 0 Å². The van der Waals surface area contributed by atoms with Crippen molar-refractivity contribution >= 4 is 0 Å². The van der Waals surface area contributed by atoms with E-state index in [1.807, 2.05) is 42.5 Å². The van der Waals surface area contributed by atoms with Crippen molar-refractivity contribution in [1.82, 2.24) is 4.98 Å². The van der Waals surface area contributed by atoms with Crippen LogP contribution >= 0.6 is 0 Å². The molecule has 0 aliphatic carbocycles. The summed E-state index contributed by atoms with van der Waals surface area (Å²) in [5.41, 5.74) is 8.43. The van der Waals surface area contributed by atoms with Crippen molar-refractivity contribution in [2.75, 3.05) is 0 Å². The highest BCUT2D eigenvalue weighted by Gasteiger charge is 2.05. The molecule has 0 spiro atoms. The maximum Gasteiger partial charge on any atom is 0.399 e. The molecular formula is C16H14N2O2. The second kappa shape index (κ2) is 5.59. The Bertz CT molecular complexity index is 675. The van der Waals surface area contributed by atoms with Crippen molar-refractivity contribution in [3.63, 3.8) is 0 Å². The molecule has 0 unspecified atom stereocenters. The Morgan fingerprint density at radius 2 is 1.65 bits per heavy atom. The number of benzene rings is 2. The van der Waals surface area contributed by atoms with Crippen LogP contribution in [0.25, 0.3) is 11.1 Å². The predicted molar refractivity (Wildman–Crippen MR) is 76.3 cm³/mol. The monoisotopic (exact) mass is 266 g/mol. The summed E-state index contributed by atoms with van der Waals surface area (Å²) < 4.78 is 10.7. The standard InChI is InChI=1S/C16H14N2O2/c17-10-14-11-19-16(18-14)20-15-8-6-13(7-9-15)12-4-2-1-3-5-12/h1-9,11H,10,17H2. The van der Waals surface area contributed by atoms with Gasteiger partial charge in [-0.3, -0.25) is 0 Å². The van der Waals surface area contributed by atoms with Crippen molar-refractivity contribution in [2.45, 2.75) is 6.54 Å². The molecule has 4 nitrogen and oxygen atoms in total. The van der Waals surface area contributed by atoms with E-state index in [9.17, 15) is 0 Å². The smallest absolute Gasteiger partial charge is 0.399 e. The predicted octanol–water partition coefficient (Wildman–Crippen LogP) is 3.59. The number of oxazole rings is 1. The number of nitrogens with zero attached hydrogens (tertiary/aromatic N) is 1. The van der Waals surface area contributed by atoms with Crippen LogP contribution in [-0.2, 0) is 6.54 Å². The molecular weight excluding hydrogens is 252 g/mol. The SMILES string of the molecule is NCc1coc(Oc2ccc(-c3ccccc3)cc2)n1. The normalized spacial score (nSPS) is 10.4. The minimum absolute atomic E-state index is 0.206. The van der Waals surface area contributed by atoms with Crippen molar-refractivity contribution in [3.8, 4) is 23.0 Å². The van der Waals surface area contributed by atoms with Gasteiger partial charge in [0.05, 0.1) is 5.69 Å². The highest BCUT2D eigenvalue weighted by molar-refractivity contribution is 5.63. The Morgan fingerprint density at radius 1 is 0.950 bits per heavy atom. The van der Waals surface area contributed by atoms with E-state index in [0.717, 1.165) is 5.56 Å². The lowest BCUT2D eigenvalue weighted by Crippen LogP contribution is -1.95. The molecule has 2 N–H and O–H groups in total. The zero-order chi connectivity index (χ0) is 13.8. The van der Waals surface area contributed by atoms with E-state index in [1.165, 1.54) is 11.8 Å². The fourth-order valence-corrected chi connectivity index (χ4v) is 1.88. The topological polar surface area (TPSA) is 61.3 Å². The van der Waals surface area contributed by atoms with E-state index < -0.39 is 0 Å². The number of hydrogen-bond donors (Lipinski definition) is 1. The Morgan fingerprint density at radius 3 is 2.30 bits per heavy atom. The van der Waals surface area contributed by atoms with Gasteiger partial charge in [0, 0.05) is 6.54 Å². The molecule has 1 aromatic heterocycles. The summed E-state index contributed by atoms with van der Waals surface area (Å²) >= 11 is 0. The summed E-state index contributed by atoms with van der Waals surface area (Å²) in [5, 5.41) is 0. The van der Waals surface area contributed by atoms with Crippen molar-refractivity contribution in [2.24, 2.45) is 5.73 Å². The van der Waals surface area contributed by atoms with E-state index in [4.69, 9.17) is 14.9 Å². The van der Waals surface area contributed by atoms with E-state index in [0.29, 0.717) is 18.0 Å². The lowest BCUT2D eigenvalue weighted by atomic mass is 10.1. The van der Waals surface area contributed by atoms with Crippen LogP contribution in [0.5, 0.6) is 11.8 Å². The first-order valence-corrected chi connectivity index (χ1v) is 6.33. The minimum Gasteiger partial charge on any atom is -0.417 e. The summed E-state index contributed by atoms with van der Waals surface area (Å²) in [6, 6.07) is 17.9. The molecule has 0 saturated carbocycles. The highest BCUT2D eigenvalue weighted by atomic mass is 16.6. The highest BCUT2D eigenvalue weighted by Crippen LogP contribution is 2.25. The van der Waals surface area contributed by atoms with Crippen LogP contribution in [0.4, 0.5) is 0 Å². The molecule has 3 aromatic rings. The third-order valence-electron chi connectivity index (χ3n) is 2.91. The summed E-state index contributed by atoms with van der Waals surface area (Å²) in [4.78, 5) is 4.09. The molecule has 0 bridgehead atoms. The van der Waals surface area contributed by atoms with Crippen molar-refractivity contribution in [3.05, 3.63) is 66.6 Å². The number of nitrogens with two attached hydrogens (primary N) is 1. The molecule has 0 aliphatic rings. The Balaban J connectivity index is 1.76. The van der Waals surface area contributed by atoms with Crippen LogP contribution < -0.4 is 10.5 Å². The number of hydrogen-bond acceptors (Lipinski definition) is 4. The fraction of sp³-hybridized carbons (Fsp3) is 0.0625. The molecule has 0 radical (unpaired) electrons. The number of aromatic nitrogens is 1. The second-order valence-corrected chi connectivity index (χ2v) is 4.30. The summed E-state index contributed by atoms with van der Waals surface area (Å²) in [7, 11) is 0.